The quantitative estimate of drug-likeness (QED) is 0.826. The Morgan fingerprint density at radius 2 is 1.87 bits per heavy atom. The fraction of sp³-hybridized carbons (Fsp3) is 0.316. The molecule has 0 atom stereocenters. The molecule has 122 valence electrons. The Balaban J connectivity index is 1.78. The Morgan fingerprint density at radius 1 is 1.09 bits per heavy atom. The van der Waals surface area contributed by atoms with Crippen molar-refractivity contribution in [2.45, 2.75) is 20.3 Å². The second kappa shape index (κ2) is 8.22. The van der Waals surface area contributed by atoms with Gasteiger partial charge in [-0.05, 0) is 49.1 Å². The lowest BCUT2D eigenvalue weighted by molar-refractivity contribution is -0.119. The van der Waals surface area contributed by atoms with Gasteiger partial charge in [0.05, 0.1) is 13.7 Å². The highest BCUT2D eigenvalue weighted by molar-refractivity contribution is 5.81. The summed E-state index contributed by atoms with van der Waals surface area (Å²) in [5.41, 5.74) is 4.49. The zero-order chi connectivity index (χ0) is 16.7. The average molecular weight is 312 g/mol. The Hall–Kier alpha value is -2.49. The summed E-state index contributed by atoms with van der Waals surface area (Å²) in [5, 5.41) is 6.12. The minimum atomic E-state index is -0.0131. The van der Waals surface area contributed by atoms with Crippen molar-refractivity contribution in [3.63, 3.8) is 0 Å². The number of rotatable bonds is 7. The Labute approximate surface area is 137 Å². The first-order valence-corrected chi connectivity index (χ1v) is 7.80. The van der Waals surface area contributed by atoms with Crippen LogP contribution in [0, 0.1) is 13.8 Å². The van der Waals surface area contributed by atoms with Gasteiger partial charge in [-0.1, -0.05) is 30.3 Å². The molecule has 0 saturated heterocycles. The molecule has 2 aromatic carbocycles. The lowest BCUT2D eigenvalue weighted by Crippen LogP contribution is -2.31. The van der Waals surface area contributed by atoms with Crippen molar-refractivity contribution in [3.8, 4) is 5.75 Å². The molecule has 0 radical (unpaired) electrons. The van der Waals surface area contributed by atoms with Gasteiger partial charge in [0.25, 0.3) is 0 Å². The van der Waals surface area contributed by atoms with Crippen LogP contribution in [0.1, 0.15) is 16.7 Å². The SMILES string of the molecule is COc1ccccc1CCNC(=O)CNc1cccc(C)c1C. The molecule has 0 aliphatic rings. The lowest BCUT2D eigenvalue weighted by atomic mass is 10.1. The molecule has 0 bridgehead atoms. The van der Waals surface area contributed by atoms with Gasteiger partial charge in [-0.25, -0.2) is 0 Å². The summed E-state index contributed by atoms with van der Waals surface area (Å²) in [6.45, 7) is 4.98. The molecule has 0 aromatic heterocycles. The summed E-state index contributed by atoms with van der Waals surface area (Å²) in [7, 11) is 1.66. The number of nitrogens with one attached hydrogen (secondary N) is 2. The second-order valence-corrected chi connectivity index (χ2v) is 5.51. The highest BCUT2D eigenvalue weighted by Crippen LogP contribution is 2.18. The number of carbonyl (C=O) groups excluding carboxylic acids is 1. The number of carbonyl (C=O) groups is 1. The summed E-state index contributed by atoms with van der Waals surface area (Å²) in [5.74, 6) is 0.844. The van der Waals surface area contributed by atoms with E-state index >= 15 is 0 Å². The van der Waals surface area contributed by atoms with Gasteiger partial charge < -0.3 is 15.4 Å². The van der Waals surface area contributed by atoms with Crippen LogP contribution in [0.5, 0.6) is 5.75 Å². The number of benzene rings is 2. The van der Waals surface area contributed by atoms with Crippen LogP contribution in [0.3, 0.4) is 0 Å². The van der Waals surface area contributed by atoms with Gasteiger partial charge in [0, 0.05) is 12.2 Å². The van der Waals surface area contributed by atoms with Crippen molar-refractivity contribution in [2.75, 3.05) is 25.5 Å². The Bertz CT molecular complexity index is 668. The minimum Gasteiger partial charge on any atom is -0.496 e. The maximum absolute atomic E-state index is 12.0. The summed E-state index contributed by atoms with van der Waals surface area (Å²) in [6, 6.07) is 13.9. The number of para-hydroxylation sites is 1. The first-order valence-electron chi connectivity index (χ1n) is 7.80. The molecule has 0 saturated carbocycles. The lowest BCUT2D eigenvalue weighted by Gasteiger charge is -2.12. The van der Waals surface area contributed by atoms with Crippen LogP contribution in [0.2, 0.25) is 0 Å². The number of aryl methyl sites for hydroxylation is 1. The maximum atomic E-state index is 12.0. The molecule has 2 aromatic rings. The summed E-state index contributed by atoms with van der Waals surface area (Å²) in [4.78, 5) is 12.0. The van der Waals surface area contributed by atoms with E-state index in [0.29, 0.717) is 6.54 Å². The van der Waals surface area contributed by atoms with Gasteiger partial charge in [-0.3, -0.25) is 4.79 Å². The Kier molecular flexibility index (Phi) is 6.03. The zero-order valence-corrected chi connectivity index (χ0v) is 14.0. The molecule has 0 heterocycles. The van der Waals surface area contributed by atoms with Crippen molar-refractivity contribution >= 4 is 11.6 Å². The van der Waals surface area contributed by atoms with Crippen LogP contribution in [-0.2, 0) is 11.2 Å². The Morgan fingerprint density at radius 3 is 2.65 bits per heavy atom. The standard InChI is InChI=1S/C19H24N2O2/c1-14-7-6-9-17(15(14)2)21-13-19(22)20-12-11-16-8-4-5-10-18(16)23-3/h4-10,21H,11-13H2,1-3H3,(H,20,22). The van der Waals surface area contributed by atoms with Gasteiger partial charge in [0.15, 0.2) is 0 Å². The number of hydrogen-bond acceptors (Lipinski definition) is 3. The van der Waals surface area contributed by atoms with Gasteiger partial charge in [0.1, 0.15) is 5.75 Å². The zero-order valence-electron chi connectivity index (χ0n) is 14.0. The molecule has 0 spiro atoms. The third-order valence-corrected chi connectivity index (χ3v) is 3.95. The molecule has 4 nitrogen and oxygen atoms in total. The van der Waals surface area contributed by atoms with Crippen LogP contribution >= 0.6 is 0 Å². The number of hydrogen-bond donors (Lipinski definition) is 2. The summed E-state index contributed by atoms with van der Waals surface area (Å²) < 4.78 is 5.31. The molecule has 1 amide bonds. The van der Waals surface area contributed by atoms with Crippen molar-refractivity contribution in [2.24, 2.45) is 0 Å². The third-order valence-electron chi connectivity index (χ3n) is 3.95. The van der Waals surface area contributed by atoms with E-state index in [0.717, 1.165) is 23.4 Å². The van der Waals surface area contributed by atoms with Crippen LogP contribution in [0.25, 0.3) is 0 Å². The number of amides is 1. The molecular formula is C19H24N2O2. The van der Waals surface area contributed by atoms with Crippen molar-refractivity contribution in [1.82, 2.24) is 5.32 Å². The van der Waals surface area contributed by atoms with Crippen LogP contribution < -0.4 is 15.4 Å². The molecule has 0 unspecified atom stereocenters. The monoisotopic (exact) mass is 312 g/mol. The summed E-state index contributed by atoms with van der Waals surface area (Å²) in [6.07, 6.45) is 0.749. The summed E-state index contributed by atoms with van der Waals surface area (Å²) >= 11 is 0. The van der Waals surface area contributed by atoms with Crippen molar-refractivity contribution < 1.29 is 9.53 Å². The van der Waals surface area contributed by atoms with E-state index in [-0.39, 0.29) is 12.5 Å². The molecule has 4 heteroatoms. The van der Waals surface area contributed by atoms with Crippen LogP contribution in [0.4, 0.5) is 5.69 Å². The van der Waals surface area contributed by atoms with Gasteiger partial charge in [-0.15, -0.1) is 0 Å². The van der Waals surface area contributed by atoms with Crippen molar-refractivity contribution in [3.05, 3.63) is 59.2 Å². The fourth-order valence-electron chi connectivity index (χ4n) is 2.43. The minimum absolute atomic E-state index is 0.0131. The first-order chi connectivity index (χ1) is 11.1. The topological polar surface area (TPSA) is 50.4 Å². The predicted octanol–water partition coefficient (Wildman–Crippen LogP) is 3.08. The first kappa shape index (κ1) is 16.9. The average Bonchev–Trinajstić information content (AvgIpc) is 2.56. The molecule has 23 heavy (non-hydrogen) atoms. The van der Waals surface area contributed by atoms with E-state index in [9.17, 15) is 4.79 Å². The molecule has 0 aliphatic heterocycles. The van der Waals surface area contributed by atoms with E-state index in [1.54, 1.807) is 7.11 Å². The highest BCUT2D eigenvalue weighted by atomic mass is 16.5. The van der Waals surface area contributed by atoms with E-state index in [2.05, 4.69) is 30.5 Å². The number of methoxy groups -OCH3 is 1. The molecule has 2 N–H and O–H groups in total. The van der Waals surface area contributed by atoms with Gasteiger partial charge in [-0.2, -0.15) is 0 Å². The molecule has 0 aliphatic carbocycles. The number of anilines is 1. The fourth-order valence-corrected chi connectivity index (χ4v) is 2.43. The second-order valence-electron chi connectivity index (χ2n) is 5.51. The third kappa shape index (κ3) is 4.74. The molecular weight excluding hydrogens is 288 g/mol. The van der Waals surface area contributed by atoms with Crippen LogP contribution in [-0.4, -0.2) is 26.1 Å². The normalized spacial score (nSPS) is 10.2. The number of ether oxygens (including phenoxy) is 1. The van der Waals surface area contributed by atoms with Crippen LogP contribution in [0.15, 0.2) is 42.5 Å². The predicted molar refractivity (Wildman–Crippen MR) is 94.1 cm³/mol. The van der Waals surface area contributed by atoms with E-state index in [4.69, 9.17) is 4.74 Å². The maximum Gasteiger partial charge on any atom is 0.239 e. The van der Waals surface area contributed by atoms with Crippen molar-refractivity contribution in [1.29, 1.82) is 0 Å². The molecule has 2 rings (SSSR count). The van der Waals surface area contributed by atoms with E-state index in [1.165, 1.54) is 11.1 Å². The smallest absolute Gasteiger partial charge is 0.239 e. The van der Waals surface area contributed by atoms with E-state index in [1.807, 2.05) is 36.4 Å². The van der Waals surface area contributed by atoms with E-state index < -0.39 is 0 Å². The van der Waals surface area contributed by atoms with Gasteiger partial charge >= 0.3 is 0 Å². The largest absolute Gasteiger partial charge is 0.496 e. The highest BCUT2D eigenvalue weighted by Gasteiger charge is 2.05. The van der Waals surface area contributed by atoms with Gasteiger partial charge in [0.2, 0.25) is 5.91 Å². The molecule has 0 fully saturated rings.